The molecule has 0 spiro atoms. The molecule has 2 aromatic heterocycles. The van der Waals surface area contributed by atoms with E-state index in [0.717, 1.165) is 5.69 Å². The molecule has 1 aromatic carbocycles. The normalized spacial score (nSPS) is 10.7. The Balaban J connectivity index is 1.31. The lowest BCUT2D eigenvalue weighted by atomic mass is 10.2. The molecule has 0 aliphatic carbocycles. The maximum Gasteiger partial charge on any atom is 0.277 e. The Morgan fingerprint density at radius 3 is 2.94 bits per heavy atom. The minimum atomic E-state index is -0.332. The van der Waals surface area contributed by atoms with Crippen molar-refractivity contribution in [2.45, 2.75) is 30.4 Å². The van der Waals surface area contributed by atoms with E-state index in [2.05, 4.69) is 35.9 Å². The van der Waals surface area contributed by atoms with Gasteiger partial charge in [-0.15, -0.1) is 15.3 Å². The van der Waals surface area contributed by atoms with E-state index < -0.39 is 0 Å². The molecule has 1 N–H and O–H groups in total. The summed E-state index contributed by atoms with van der Waals surface area (Å²) in [5.74, 6) is 0.407. The number of nitrogens with one attached hydrogen (secondary N) is 1. The molecular weight excluding hydrogens is 453 g/mol. The zero-order valence-corrected chi connectivity index (χ0v) is 18.4. The summed E-state index contributed by atoms with van der Waals surface area (Å²) in [6.45, 7) is 1.92. The molecule has 174 valence electrons. The van der Waals surface area contributed by atoms with Crippen LogP contribution in [0.1, 0.15) is 18.5 Å². The monoisotopic (exact) mass is 475 g/mol. The molecule has 1 amide bonds. The molecule has 3 rings (SSSR count). The van der Waals surface area contributed by atoms with Crippen molar-refractivity contribution >= 4 is 17.7 Å². The van der Waals surface area contributed by atoms with Crippen LogP contribution in [0.3, 0.4) is 0 Å². The SMILES string of the molecule is [N-]=[N+]=NCCOCCNC(=O)CCCn1cc(CSc2nnc(-c3ccc(F)cc3)o2)nn1. The number of azide groups is 1. The molecule has 0 saturated carbocycles. The molecule has 0 saturated heterocycles. The van der Waals surface area contributed by atoms with Crippen LogP contribution in [0.5, 0.6) is 0 Å². The summed E-state index contributed by atoms with van der Waals surface area (Å²) in [6, 6.07) is 5.81. The van der Waals surface area contributed by atoms with Crippen LogP contribution in [0.25, 0.3) is 21.9 Å². The van der Waals surface area contributed by atoms with Gasteiger partial charge in [0.05, 0.1) is 18.9 Å². The number of rotatable bonds is 14. The number of halogens is 1. The number of amides is 1. The topological polar surface area (TPSA) is 157 Å². The first-order valence-electron chi connectivity index (χ1n) is 10.1. The van der Waals surface area contributed by atoms with Crippen LogP contribution < -0.4 is 5.32 Å². The molecule has 0 bridgehead atoms. The number of hydrogen-bond donors (Lipinski definition) is 1. The number of aryl methyl sites for hydroxylation is 1. The highest BCUT2D eigenvalue weighted by Crippen LogP contribution is 2.25. The van der Waals surface area contributed by atoms with E-state index in [9.17, 15) is 9.18 Å². The lowest BCUT2D eigenvalue weighted by Gasteiger charge is -2.05. The van der Waals surface area contributed by atoms with Crippen LogP contribution in [-0.2, 0) is 21.8 Å². The smallest absolute Gasteiger partial charge is 0.277 e. The molecule has 3 aromatic rings. The highest BCUT2D eigenvalue weighted by molar-refractivity contribution is 7.98. The van der Waals surface area contributed by atoms with Crippen molar-refractivity contribution in [2.24, 2.45) is 5.11 Å². The molecule has 14 heteroatoms. The fraction of sp³-hybridized carbons (Fsp3) is 0.421. The third-order valence-corrected chi connectivity index (χ3v) is 5.04. The Labute approximate surface area is 192 Å². The van der Waals surface area contributed by atoms with E-state index >= 15 is 0 Å². The summed E-state index contributed by atoms with van der Waals surface area (Å²) in [4.78, 5) is 14.5. The lowest BCUT2D eigenvalue weighted by molar-refractivity contribution is -0.121. The number of aromatic nitrogens is 5. The molecule has 2 heterocycles. The summed E-state index contributed by atoms with van der Waals surface area (Å²) in [6.07, 6.45) is 2.78. The molecule has 33 heavy (non-hydrogen) atoms. The highest BCUT2D eigenvalue weighted by Gasteiger charge is 2.11. The van der Waals surface area contributed by atoms with Crippen molar-refractivity contribution in [3.8, 4) is 11.5 Å². The molecule has 0 fully saturated rings. The molecule has 0 radical (unpaired) electrons. The van der Waals surface area contributed by atoms with Crippen LogP contribution in [0.2, 0.25) is 0 Å². The van der Waals surface area contributed by atoms with E-state index in [1.165, 1.54) is 23.9 Å². The fourth-order valence-corrected chi connectivity index (χ4v) is 3.27. The summed E-state index contributed by atoms with van der Waals surface area (Å²) < 4.78 is 25.5. The van der Waals surface area contributed by atoms with Gasteiger partial charge >= 0.3 is 0 Å². The van der Waals surface area contributed by atoms with Gasteiger partial charge in [0.1, 0.15) is 5.82 Å². The lowest BCUT2D eigenvalue weighted by Crippen LogP contribution is -2.27. The zero-order valence-electron chi connectivity index (χ0n) is 17.6. The first kappa shape index (κ1) is 24.2. The summed E-state index contributed by atoms with van der Waals surface area (Å²) in [7, 11) is 0. The number of hydrogen-bond acceptors (Lipinski definition) is 9. The van der Waals surface area contributed by atoms with Gasteiger partial charge in [-0.3, -0.25) is 9.48 Å². The summed E-state index contributed by atoms with van der Waals surface area (Å²) in [5, 5.41) is 22.6. The zero-order chi connectivity index (χ0) is 23.3. The Bertz CT molecular complexity index is 1070. The van der Waals surface area contributed by atoms with Crippen LogP contribution in [0, 0.1) is 5.82 Å². The van der Waals surface area contributed by atoms with Crippen molar-refractivity contribution in [3.05, 3.63) is 52.4 Å². The average molecular weight is 476 g/mol. The fourth-order valence-electron chi connectivity index (χ4n) is 2.63. The van der Waals surface area contributed by atoms with E-state index in [0.29, 0.717) is 61.6 Å². The van der Waals surface area contributed by atoms with Crippen LogP contribution in [0.15, 0.2) is 45.2 Å². The van der Waals surface area contributed by atoms with Crippen LogP contribution in [-0.4, -0.2) is 57.4 Å². The second kappa shape index (κ2) is 13.2. The minimum absolute atomic E-state index is 0.0714. The Kier molecular flexibility index (Phi) is 9.63. The molecule has 0 aliphatic rings. The largest absolute Gasteiger partial charge is 0.411 e. The average Bonchev–Trinajstić information content (AvgIpc) is 3.47. The van der Waals surface area contributed by atoms with E-state index in [4.69, 9.17) is 14.7 Å². The van der Waals surface area contributed by atoms with Crippen molar-refractivity contribution in [1.29, 1.82) is 0 Å². The van der Waals surface area contributed by atoms with Crippen molar-refractivity contribution in [3.63, 3.8) is 0 Å². The van der Waals surface area contributed by atoms with Gasteiger partial charge in [0.25, 0.3) is 5.22 Å². The highest BCUT2D eigenvalue weighted by atomic mass is 32.2. The maximum atomic E-state index is 13.0. The van der Waals surface area contributed by atoms with Crippen molar-refractivity contribution < 1.29 is 18.3 Å². The first-order chi connectivity index (χ1) is 16.1. The standard InChI is InChI=1S/C19H22FN9O3S/c20-15-5-3-14(4-6-15)18-25-26-19(32-18)33-13-16-12-29(28-24-16)9-1-2-17(30)22-7-10-31-11-8-23-27-21/h3-6,12H,1-2,7-11,13H2,(H,22,30). The predicted octanol–water partition coefficient (Wildman–Crippen LogP) is 2.98. The maximum absolute atomic E-state index is 13.0. The number of carbonyl (C=O) groups excluding carboxylic acids is 1. The number of thioether (sulfide) groups is 1. The number of nitrogens with zero attached hydrogens (tertiary/aromatic N) is 8. The van der Waals surface area contributed by atoms with Gasteiger partial charge in [-0.1, -0.05) is 22.1 Å². The first-order valence-corrected chi connectivity index (χ1v) is 11.1. The van der Waals surface area contributed by atoms with Crippen molar-refractivity contribution in [1.82, 2.24) is 30.5 Å². The van der Waals surface area contributed by atoms with Gasteiger partial charge in [-0.25, -0.2) is 4.39 Å². The third-order valence-electron chi connectivity index (χ3n) is 4.19. The van der Waals surface area contributed by atoms with Crippen molar-refractivity contribution in [2.75, 3.05) is 26.3 Å². The minimum Gasteiger partial charge on any atom is -0.411 e. The van der Waals surface area contributed by atoms with Crippen LogP contribution >= 0.6 is 11.8 Å². The van der Waals surface area contributed by atoms with Gasteiger partial charge in [0, 0.05) is 48.5 Å². The second-order valence-corrected chi connectivity index (χ2v) is 7.59. The molecule has 0 atom stereocenters. The second-order valence-electron chi connectivity index (χ2n) is 6.66. The quantitative estimate of drug-likeness (QED) is 0.123. The molecule has 0 unspecified atom stereocenters. The van der Waals surface area contributed by atoms with Gasteiger partial charge in [-0.2, -0.15) is 0 Å². The van der Waals surface area contributed by atoms with Gasteiger partial charge in [0.2, 0.25) is 11.8 Å². The van der Waals surface area contributed by atoms with E-state index in [-0.39, 0.29) is 18.3 Å². The molecule has 0 aliphatic heterocycles. The third kappa shape index (κ3) is 8.52. The summed E-state index contributed by atoms with van der Waals surface area (Å²) in [5.41, 5.74) is 9.52. The van der Waals surface area contributed by atoms with E-state index in [1.54, 1.807) is 23.0 Å². The number of ether oxygens (including phenoxy) is 1. The molecular formula is C19H22FN9O3S. The molecule has 12 nitrogen and oxygen atoms in total. The van der Waals surface area contributed by atoms with Gasteiger partial charge in [-0.05, 0) is 36.2 Å². The Morgan fingerprint density at radius 1 is 1.27 bits per heavy atom. The Morgan fingerprint density at radius 2 is 2.12 bits per heavy atom. The van der Waals surface area contributed by atoms with Crippen LogP contribution in [0.4, 0.5) is 4.39 Å². The van der Waals surface area contributed by atoms with Gasteiger partial charge in [0.15, 0.2) is 0 Å². The Hall–Kier alpha value is -3.48. The summed E-state index contributed by atoms with van der Waals surface area (Å²) >= 11 is 1.32. The number of benzene rings is 1. The van der Waals surface area contributed by atoms with Gasteiger partial charge < -0.3 is 14.5 Å². The van der Waals surface area contributed by atoms with E-state index in [1.807, 2.05) is 0 Å². The predicted molar refractivity (Wildman–Crippen MR) is 116 cm³/mol. The number of carbonyl (C=O) groups is 1.